The van der Waals surface area contributed by atoms with Crippen LogP contribution >= 0.6 is 23.2 Å². The second kappa shape index (κ2) is 3.48. The van der Waals surface area contributed by atoms with Gasteiger partial charge < -0.3 is 5.73 Å². The summed E-state index contributed by atoms with van der Waals surface area (Å²) in [5, 5.41) is 8.82. The van der Waals surface area contributed by atoms with Gasteiger partial charge in [0, 0.05) is 0 Å². The Morgan fingerprint density at radius 2 is 2.00 bits per heavy atom. The van der Waals surface area contributed by atoms with Crippen molar-refractivity contribution in [2.24, 2.45) is 0 Å². The summed E-state index contributed by atoms with van der Waals surface area (Å²) in [7, 11) is 0. The van der Waals surface area contributed by atoms with Crippen LogP contribution in [-0.2, 0) is 0 Å². The van der Waals surface area contributed by atoms with Gasteiger partial charge >= 0.3 is 0 Å². The number of rotatable bonds is 1. The standard InChI is InChI=1S/C8H6Cl2N4/c9-6-2-1-5(3-7(6)10)14-12-4-8(11)13-14/h1-4H,(H2,11,13). The highest BCUT2D eigenvalue weighted by molar-refractivity contribution is 6.42. The average molecular weight is 229 g/mol. The molecule has 14 heavy (non-hydrogen) atoms. The van der Waals surface area contributed by atoms with E-state index >= 15 is 0 Å². The summed E-state index contributed by atoms with van der Waals surface area (Å²) < 4.78 is 0. The number of aromatic nitrogens is 3. The molecule has 0 saturated heterocycles. The predicted octanol–water partition coefficient (Wildman–Crippen LogP) is 2.16. The Balaban J connectivity index is 2.47. The van der Waals surface area contributed by atoms with Crippen LogP contribution in [0.4, 0.5) is 5.82 Å². The third kappa shape index (κ3) is 1.66. The first kappa shape index (κ1) is 9.30. The fourth-order valence-electron chi connectivity index (χ4n) is 1.01. The lowest BCUT2D eigenvalue weighted by Crippen LogP contribution is -1.99. The van der Waals surface area contributed by atoms with E-state index in [1.165, 1.54) is 11.0 Å². The molecule has 0 aliphatic carbocycles. The van der Waals surface area contributed by atoms with E-state index in [0.717, 1.165) is 5.69 Å². The summed E-state index contributed by atoms with van der Waals surface area (Å²) >= 11 is 11.6. The van der Waals surface area contributed by atoms with Crippen LogP contribution in [0.3, 0.4) is 0 Å². The number of halogens is 2. The molecule has 0 aliphatic heterocycles. The molecule has 1 heterocycles. The molecule has 2 N–H and O–H groups in total. The second-order valence-electron chi connectivity index (χ2n) is 2.66. The van der Waals surface area contributed by atoms with Crippen LogP contribution in [0.5, 0.6) is 0 Å². The van der Waals surface area contributed by atoms with Crippen molar-refractivity contribution >= 4 is 29.0 Å². The minimum absolute atomic E-state index is 0.357. The van der Waals surface area contributed by atoms with Gasteiger partial charge in [-0.25, -0.2) is 0 Å². The predicted molar refractivity (Wildman–Crippen MR) is 55.8 cm³/mol. The molecule has 6 heteroatoms. The molecule has 0 spiro atoms. The lowest BCUT2D eigenvalue weighted by Gasteiger charge is -2.00. The van der Waals surface area contributed by atoms with Crippen molar-refractivity contribution in [3.8, 4) is 5.69 Å². The first-order valence-corrected chi connectivity index (χ1v) is 4.55. The molecule has 0 atom stereocenters. The van der Waals surface area contributed by atoms with Gasteiger partial charge in [0.1, 0.15) is 0 Å². The van der Waals surface area contributed by atoms with Crippen molar-refractivity contribution in [1.82, 2.24) is 15.0 Å². The van der Waals surface area contributed by atoms with Gasteiger partial charge in [0.2, 0.25) is 0 Å². The molecule has 72 valence electrons. The van der Waals surface area contributed by atoms with E-state index in [1.807, 2.05) is 0 Å². The van der Waals surface area contributed by atoms with Gasteiger partial charge in [0.05, 0.1) is 21.9 Å². The monoisotopic (exact) mass is 228 g/mol. The Kier molecular flexibility index (Phi) is 2.31. The van der Waals surface area contributed by atoms with Crippen LogP contribution in [0.15, 0.2) is 24.4 Å². The summed E-state index contributed by atoms with van der Waals surface area (Å²) in [4.78, 5) is 1.39. The molecule has 1 aromatic heterocycles. The maximum absolute atomic E-state index is 5.84. The first-order chi connectivity index (χ1) is 6.66. The molecule has 0 unspecified atom stereocenters. The van der Waals surface area contributed by atoms with E-state index in [9.17, 15) is 0 Å². The van der Waals surface area contributed by atoms with Gasteiger partial charge in [0.15, 0.2) is 5.82 Å². The molecule has 2 rings (SSSR count). The van der Waals surface area contributed by atoms with Gasteiger partial charge in [-0.15, -0.1) is 9.90 Å². The Morgan fingerprint density at radius 3 is 2.57 bits per heavy atom. The summed E-state index contributed by atoms with van der Waals surface area (Å²) in [6.07, 6.45) is 1.46. The van der Waals surface area contributed by atoms with Crippen molar-refractivity contribution in [3.63, 3.8) is 0 Å². The van der Waals surface area contributed by atoms with Crippen molar-refractivity contribution in [1.29, 1.82) is 0 Å². The summed E-state index contributed by atoms with van der Waals surface area (Å²) in [5.74, 6) is 0.357. The molecule has 0 amide bonds. The number of hydrogen-bond acceptors (Lipinski definition) is 3. The van der Waals surface area contributed by atoms with E-state index < -0.39 is 0 Å². The maximum Gasteiger partial charge on any atom is 0.166 e. The van der Waals surface area contributed by atoms with Crippen LogP contribution in [-0.4, -0.2) is 15.0 Å². The molecular formula is C8H6Cl2N4. The van der Waals surface area contributed by atoms with Crippen LogP contribution < -0.4 is 5.73 Å². The maximum atomic E-state index is 5.84. The van der Waals surface area contributed by atoms with Gasteiger partial charge in [-0.2, -0.15) is 5.10 Å². The normalized spacial score (nSPS) is 10.4. The highest BCUT2D eigenvalue weighted by Crippen LogP contribution is 2.23. The number of benzene rings is 1. The van der Waals surface area contributed by atoms with E-state index in [-0.39, 0.29) is 0 Å². The zero-order chi connectivity index (χ0) is 10.1. The van der Waals surface area contributed by atoms with Gasteiger partial charge in [0.25, 0.3) is 0 Å². The molecule has 0 radical (unpaired) electrons. The van der Waals surface area contributed by atoms with Crippen molar-refractivity contribution < 1.29 is 0 Å². The van der Waals surface area contributed by atoms with Gasteiger partial charge in [-0.3, -0.25) is 0 Å². The lowest BCUT2D eigenvalue weighted by atomic mass is 10.3. The Morgan fingerprint density at radius 1 is 1.21 bits per heavy atom. The zero-order valence-electron chi connectivity index (χ0n) is 6.98. The fourth-order valence-corrected chi connectivity index (χ4v) is 1.30. The number of hydrogen-bond donors (Lipinski definition) is 1. The van der Waals surface area contributed by atoms with Crippen molar-refractivity contribution in [3.05, 3.63) is 34.4 Å². The molecule has 2 aromatic rings. The first-order valence-electron chi connectivity index (χ1n) is 3.80. The molecule has 0 aliphatic rings. The minimum atomic E-state index is 0.357. The molecular weight excluding hydrogens is 223 g/mol. The van der Waals surface area contributed by atoms with Crippen LogP contribution in [0, 0.1) is 0 Å². The highest BCUT2D eigenvalue weighted by Gasteiger charge is 2.03. The van der Waals surface area contributed by atoms with Crippen LogP contribution in [0.2, 0.25) is 10.0 Å². The lowest BCUT2D eigenvalue weighted by molar-refractivity contribution is 0.754. The Bertz CT molecular complexity index is 466. The quantitative estimate of drug-likeness (QED) is 0.814. The third-order valence-electron chi connectivity index (χ3n) is 1.64. The summed E-state index contributed by atoms with van der Waals surface area (Å²) in [5.41, 5.74) is 6.15. The highest BCUT2D eigenvalue weighted by atomic mass is 35.5. The van der Waals surface area contributed by atoms with Crippen LogP contribution in [0.1, 0.15) is 0 Å². The van der Waals surface area contributed by atoms with E-state index in [2.05, 4.69) is 10.2 Å². The summed E-state index contributed by atoms with van der Waals surface area (Å²) in [6.45, 7) is 0. The Hall–Kier alpha value is -1.26. The molecule has 0 bridgehead atoms. The fraction of sp³-hybridized carbons (Fsp3) is 0. The molecule has 0 saturated carbocycles. The number of anilines is 1. The SMILES string of the molecule is Nc1cnn(-c2ccc(Cl)c(Cl)c2)n1. The average Bonchev–Trinajstić information content (AvgIpc) is 2.57. The minimum Gasteiger partial charge on any atom is -0.381 e. The number of nitrogen functional groups attached to an aromatic ring is 1. The molecule has 1 aromatic carbocycles. The largest absolute Gasteiger partial charge is 0.381 e. The molecule has 4 nitrogen and oxygen atoms in total. The number of nitrogens with zero attached hydrogens (tertiary/aromatic N) is 3. The topological polar surface area (TPSA) is 56.7 Å². The van der Waals surface area contributed by atoms with Crippen molar-refractivity contribution in [2.75, 3.05) is 5.73 Å². The second-order valence-corrected chi connectivity index (χ2v) is 3.47. The van der Waals surface area contributed by atoms with Crippen molar-refractivity contribution in [2.45, 2.75) is 0 Å². The smallest absolute Gasteiger partial charge is 0.166 e. The Labute approximate surface area is 90.2 Å². The zero-order valence-corrected chi connectivity index (χ0v) is 8.50. The van der Waals surface area contributed by atoms with Crippen LogP contribution in [0.25, 0.3) is 5.69 Å². The van der Waals surface area contributed by atoms with E-state index in [1.54, 1.807) is 18.2 Å². The molecule has 0 fully saturated rings. The number of nitrogens with two attached hydrogens (primary N) is 1. The van der Waals surface area contributed by atoms with Gasteiger partial charge in [-0.1, -0.05) is 23.2 Å². The third-order valence-corrected chi connectivity index (χ3v) is 2.38. The van der Waals surface area contributed by atoms with E-state index in [0.29, 0.717) is 15.9 Å². The summed E-state index contributed by atoms with van der Waals surface area (Å²) in [6, 6.07) is 5.11. The van der Waals surface area contributed by atoms with E-state index in [4.69, 9.17) is 28.9 Å². The van der Waals surface area contributed by atoms with Gasteiger partial charge in [-0.05, 0) is 18.2 Å².